The Balaban J connectivity index is 1.33. The van der Waals surface area contributed by atoms with Crippen LogP contribution in [0, 0.1) is 0 Å². The number of hydrogen-bond donors (Lipinski definition) is 1. The van der Waals surface area contributed by atoms with Gasteiger partial charge in [0.1, 0.15) is 17.8 Å². The van der Waals surface area contributed by atoms with Crippen LogP contribution < -0.4 is 10.1 Å². The molecular weight excluding hydrogens is 440 g/mol. The molecule has 180 valence electrons. The molecule has 2 aromatic carbocycles. The van der Waals surface area contributed by atoms with E-state index in [4.69, 9.17) is 9.15 Å². The number of oxazole rings is 1. The average Bonchev–Trinajstić information content (AvgIpc) is 3.34. The van der Waals surface area contributed by atoms with Crippen LogP contribution in [0.15, 0.2) is 89.7 Å². The largest absolute Gasteiger partial charge is 0.457 e. The standard InChI is InChI=1S/C28H30N4O3/c1-21(2)32(18-22-9-8-13-25(17-22)35-24-11-4-3-5-12-24)19-27-31-26(20-34-27)28(33)30-16-14-23-10-6-7-15-29-23/h3-13,15,17,20-21H,14,16,18-19H2,1-2H3,(H,30,33). The Kier molecular flexibility index (Phi) is 8.25. The summed E-state index contributed by atoms with van der Waals surface area (Å²) in [6, 6.07) is 23.8. The van der Waals surface area contributed by atoms with Gasteiger partial charge in [-0.15, -0.1) is 0 Å². The molecule has 1 N–H and O–H groups in total. The van der Waals surface area contributed by atoms with E-state index < -0.39 is 0 Å². The Morgan fingerprint density at radius 1 is 1.00 bits per heavy atom. The summed E-state index contributed by atoms with van der Waals surface area (Å²) in [5.74, 6) is 1.84. The van der Waals surface area contributed by atoms with Crippen molar-refractivity contribution in [3.8, 4) is 11.5 Å². The minimum Gasteiger partial charge on any atom is -0.457 e. The number of hydrogen-bond acceptors (Lipinski definition) is 6. The number of aromatic nitrogens is 2. The molecule has 0 spiro atoms. The molecule has 0 atom stereocenters. The van der Waals surface area contributed by atoms with Gasteiger partial charge in [0, 0.05) is 37.4 Å². The van der Waals surface area contributed by atoms with Crippen LogP contribution in [0.1, 0.15) is 41.5 Å². The Hall–Kier alpha value is -3.97. The summed E-state index contributed by atoms with van der Waals surface area (Å²) in [7, 11) is 0. The fourth-order valence-electron chi connectivity index (χ4n) is 3.59. The van der Waals surface area contributed by atoms with E-state index in [-0.39, 0.29) is 17.6 Å². The summed E-state index contributed by atoms with van der Waals surface area (Å²) in [5.41, 5.74) is 2.33. The zero-order valence-electron chi connectivity index (χ0n) is 20.1. The molecule has 0 radical (unpaired) electrons. The van der Waals surface area contributed by atoms with Gasteiger partial charge in [0.05, 0.1) is 6.54 Å². The quantitative estimate of drug-likeness (QED) is 0.323. The smallest absolute Gasteiger partial charge is 0.273 e. The van der Waals surface area contributed by atoms with Crippen LogP contribution in [0.3, 0.4) is 0 Å². The lowest BCUT2D eigenvalue weighted by Crippen LogP contribution is -2.30. The Labute approximate surface area is 205 Å². The molecule has 0 aliphatic carbocycles. The van der Waals surface area contributed by atoms with Crippen molar-refractivity contribution >= 4 is 5.91 Å². The molecule has 0 aliphatic heterocycles. The summed E-state index contributed by atoms with van der Waals surface area (Å²) in [4.78, 5) is 23.4. The van der Waals surface area contributed by atoms with E-state index in [9.17, 15) is 4.79 Å². The third-order valence-electron chi connectivity index (χ3n) is 5.51. The highest BCUT2D eigenvalue weighted by molar-refractivity contribution is 5.91. The minimum absolute atomic E-state index is 0.247. The van der Waals surface area contributed by atoms with E-state index in [1.165, 1.54) is 6.26 Å². The molecule has 2 heterocycles. The Bertz CT molecular complexity index is 1210. The van der Waals surface area contributed by atoms with Crippen molar-refractivity contribution in [3.05, 3.63) is 108 Å². The van der Waals surface area contributed by atoms with Crippen molar-refractivity contribution < 1.29 is 13.9 Å². The highest BCUT2D eigenvalue weighted by atomic mass is 16.5. The second-order valence-electron chi connectivity index (χ2n) is 8.51. The van der Waals surface area contributed by atoms with Crippen molar-refractivity contribution in [2.24, 2.45) is 0 Å². The fraction of sp³-hybridized carbons (Fsp3) is 0.250. The van der Waals surface area contributed by atoms with Gasteiger partial charge in [0.2, 0.25) is 5.89 Å². The number of nitrogens with one attached hydrogen (secondary N) is 1. The Morgan fingerprint density at radius 2 is 1.80 bits per heavy atom. The molecule has 2 aromatic heterocycles. The zero-order valence-corrected chi connectivity index (χ0v) is 20.1. The molecule has 1 amide bonds. The van der Waals surface area contributed by atoms with Gasteiger partial charge in [-0.3, -0.25) is 14.7 Å². The summed E-state index contributed by atoms with van der Waals surface area (Å²) < 4.78 is 11.6. The number of carbonyl (C=O) groups is 1. The number of rotatable bonds is 11. The first kappa shape index (κ1) is 24.2. The van der Waals surface area contributed by atoms with Gasteiger partial charge in [0.15, 0.2) is 5.69 Å². The number of carbonyl (C=O) groups excluding carboxylic acids is 1. The molecule has 0 saturated carbocycles. The Morgan fingerprint density at radius 3 is 2.57 bits per heavy atom. The maximum atomic E-state index is 12.5. The normalized spacial score (nSPS) is 11.1. The number of ether oxygens (including phenoxy) is 1. The topological polar surface area (TPSA) is 80.5 Å². The molecule has 0 bridgehead atoms. The summed E-state index contributed by atoms with van der Waals surface area (Å²) in [5, 5.41) is 2.87. The van der Waals surface area contributed by atoms with E-state index in [0.29, 0.717) is 31.9 Å². The lowest BCUT2D eigenvalue weighted by molar-refractivity contribution is 0.0949. The van der Waals surface area contributed by atoms with Crippen molar-refractivity contribution in [2.45, 2.75) is 39.4 Å². The van der Waals surface area contributed by atoms with Crippen molar-refractivity contribution in [3.63, 3.8) is 0 Å². The maximum Gasteiger partial charge on any atom is 0.273 e. The second-order valence-corrected chi connectivity index (χ2v) is 8.51. The molecule has 4 rings (SSSR count). The molecule has 35 heavy (non-hydrogen) atoms. The highest BCUT2D eigenvalue weighted by Crippen LogP contribution is 2.23. The van der Waals surface area contributed by atoms with Gasteiger partial charge in [-0.25, -0.2) is 4.98 Å². The van der Waals surface area contributed by atoms with Gasteiger partial charge < -0.3 is 14.5 Å². The van der Waals surface area contributed by atoms with Gasteiger partial charge >= 0.3 is 0 Å². The van der Waals surface area contributed by atoms with E-state index in [0.717, 1.165) is 22.8 Å². The van der Waals surface area contributed by atoms with Crippen molar-refractivity contribution in [1.29, 1.82) is 0 Å². The second kappa shape index (κ2) is 11.9. The summed E-state index contributed by atoms with van der Waals surface area (Å²) >= 11 is 0. The summed E-state index contributed by atoms with van der Waals surface area (Å²) in [6.07, 6.45) is 3.82. The number of benzene rings is 2. The highest BCUT2D eigenvalue weighted by Gasteiger charge is 2.17. The first-order chi connectivity index (χ1) is 17.1. The third-order valence-corrected chi connectivity index (χ3v) is 5.51. The van der Waals surface area contributed by atoms with Gasteiger partial charge in [-0.1, -0.05) is 36.4 Å². The monoisotopic (exact) mass is 470 g/mol. The zero-order chi connectivity index (χ0) is 24.5. The molecule has 4 aromatic rings. The van der Waals surface area contributed by atoms with E-state index in [2.05, 4.69) is 40.1 Å². The number of nitrogens with zero attached hydrogens (tertiary/aromatic N) is 3. The lowest BCUT2D eigenvalue weighted by Gasteiger charge is -2.25. The molecule has 0 saturated heterocycles. The van der Waals surface area contributed by atoms with Gasteiger partial charge in [-0.2, -0.15) is 0 Å². The average molecular weight is 471 g/mol. The molecule has 0 unspecified atom stereocenters. The number of pyridine rings is 1. The number of amides is 1. The predicted octanol–water partition coefficient (Wildman–Crippen LogP) is 5.25. The first-order valence-corrected chi connectivity index (χ1v) is 11.8. The van der Waals surface area contributed by atoms with Crippen LogP contribution in [0.4, 0.5) is 0 Å². The minimum atomic E-state index is -0.252. The molecule has 0 aliphatic rings. The van der Waals surface area contributed by atoms with Crippen molar-refractivity contribution in [2.75, 3.05) is 6.54 Å². The lowest BCUT2D eigenvalue weighted by atomic mass is 10.1. The summed E-state index contributed by atoms with van der Waals surface area (Å²) in [6.45, 7) is 5.91. The van der Waals surface area contributed by atoms with E-state index in [1.54, 1.807) is 6.20 Å². The molecular formula is C28H30N4O3. The van der Waals surface area contributed by atoms with Gasteiger partial charge in [0.25, 0.3) is 5.91 Å². The van der Waals surface area contributed by atoms with Crippen LogP contribution in [0.2, 0.25) is 0 Å². The van der Waals surface area contributed by atoms with E-state index >= 15 is 0 Å². The van der Waals surface area contributed by atoms with Crippen LogP contribution in [0.25, 0.3) is 0 Å². The molecule has 7 nitrogen and oxygen atoms in total. The van der Waals surface area contributed by atoms with Crippen molar-refractivity contribution in [1.82, 2.24) is 20.2 Å². The SMILES string of the molecule is CC(C)N(Cc1cccc(Oc2ccccc2)c1)Cc1nc(C(=O)NCCc2ccccn2)co1. The van der Waals surface area contributed by atoms with E-state index in [1.807, 2.05) is 66.7 Å². The van der Waals surface area contributed by atoms with Crippen LogP contribution >= 0.6 is 0 Å². The van der Waals surface area contributed by atoms with Crippen LogP contribution in [0.5, 0.6) is 11.5 Å². The number of para-hydroxylation sites is 1. The molecule has 7 heteroatoms. The molecule has 0 fully saturated rings. The third kappa shape index (κ3) is 7.25. The fourth-order valence-corrected chi connectivity index (χ4v) is 3.59. The first-order valence-electron chi connectivity index (χ1n) is 11.8. The van der Waals surface area contributed by atoms with Gasteiger partial charge in [-0.05, 0) is 55.8 Å². The van der Waals surface area contributed by atoms with Crippen LogP contribution in [-0.2, 0) is 19.5 Å². The maximum absolute atomic E-state index is 12.5. The predicted molar refractivity (Wildman–Crippen MR) is 134 cm³/mol. The van der Waals surface area contributed by atoms with Crippen LogP contribution in [-0.4, -0.2) is 33.4 Å².